The van der Waals surface area contributed by atoms with Gasteiger partial charge >= 0.3 is 5.97 Å². The minimum absolute atomic E-state index is 0.0736. The fourth-order valence-corrected chi connectivity index (χ4v) is 3.17. The molecule has 0 spiro atoms. The lowest BCUT2D eigenvalue weighted by atomic mass is 10.1. The summed E-state index contributed by atoms with van der Waals surface area (Å²) in [5, 5.41) is 11.5. The van der Waals surface area contributed by atoms with Gasteiger partial charge in [-0.1, -0.05) is 0 Å². The molecule has 0 amide bonds. The number of nitro benzene ring substituents is 1. The number of ether oxygens (including phenoxy) is 1. The van der Waals surface area contributed by atoms with Gasteiger partial charge in [0.15, 0.2) is 24.0 Å². The van der Waals surface area contributed by atoms with E-state index in [0.29, 0.717) is 24.8 Å². The van der Waals surface area contributed by atoms with Crippen LogP contribution in [-0.4, -0.2) is 36.4 Å². The summed E-state index contributed by atoms with van der Waals surface area (Å²) in [5.41, 5.74) is -0.00364. The molecule has 0 radical (unpaired) electrons. The van der Waals surface area contributed by atoms with Crippen molar-refractivity contribution in [2.45, 2.75) is 19.3 Å². The number of halogens is 2. The molecule has 1 aliphatic heterocycles. The number of hydrogen-bond donors (Lipinski definition) is 0. The zero-order chi connectivity index (χ0) is 21.0. The molecule has 3 rings (SSSR count). The first kappa shape index (κ1) is 20.4. The number of esters is 1. The number of nitro groups is 1. The van der Waals surface area contributed by atoms with E-state index in [-0.39, 0.29) is 16.8 Å². The lowest BCUT2D eigenvalue weighted by Gasteiger charge is -2.28. The smallest absolute Gasteiger partial charge is 0.338 e. The van der Waals surface area contributed by atoms with E-state index in [1.165, 1.54) is 12.1 Å². The van der Waals surface area contributed by atoms with Gasteiger partial charge in [0.05, 0.1) is 10.5 Å². The van der Waals surface area contributed by atoms with Gasteiger partial charge in [0, 0.05) is 24.7 Å². The molecule has 2 aromatic carbocycles. The molecule has 0 aliphatic carbocycles. The van der Waals surface area contributed by atoms with Crippen molar-refractivity contribution in [3.63, 3.8) is 0 Å². The Kier molecular flexibility index (Phi) is 6.16. The van der Waals surface area contributed by atoms with Crippen LogP contribution in [0.4, 0.5) is 20.2 Å². The van der Waals surface area contributed by atoms with Crippen molar-refractivity contribution >= 4 is 23.1 Å². The van der Waals surface area contributed by atoms with Gasteiger partial charge in [-0.05, 0) is 49.6 Å². The zero-order valence-electron chi connectivity index (χ0n) is 15.4. The summed E-state index contributed by atoms with van der Waals surface area (Å²) in [6.07, 6.45) is 2.95. The van der Waals surface area contributed by atoms with E-state index in [1.807, 2.05) is 4.90 Å². The summed E-state index contributed by atoms with van der Waals surface area (Å²) in [6.45, 7) is 0.701. The number of benzene rings is 2. The Morgan fingerprint density at radius 2 is 1.69 bits per heavy atom. The number of nitrogens with zero attached hydrogens (tertiary/aromatic N) is 2. The van der Waals surface area contributed by atoms with Gasteiger partial charge in [0.2, 0.25) is 0 Å². The normalized spacial score (nSPS) is 13.8. The van der Waals surface area contributed by atoms with Crippen molar-refractivity contribution in [2.24, 2.45) is 0 Å². The highest BCUT2D eigenvalue weighted by Gasteiger charge is 2.24. The number of anilines is 1. The van der Waals surface area contributed by atoms with E-state index in [4.69, 9.17) is 4.74 Å². The van der Waals surface area contributed by atoms with E-state index in [9.17, 15) is 28.5 Å². The van der Waals surface area contributed by atoms with Crippen LogP contribution in [0.25, 0.3) is 0 Å². The Morgan fingerprint density at radius 1 is 1.00 bits per heavy atom. The first-order valence-corrected chi connectivity index (χ1v) is 9.05. The van der Waals surface area contributed by atoms with Gasteiger partial charge in [0.25, 0.3) is 5.69 Å². The summed E-state index contributed by atoms with van der Waals surface area (Å²) >= 11 is 0. The molecule has 0 aromatic heterocycles. The van der Waals surface area contributed by atoms with Crippen molar-refractivity contribution in [1.29, 1.82) is 0 Å². The molecule has 0 atom stereocenters. The van der Waals surface area contributed by atoms with Crippen LogP contribution in [0, 0.1) is 21.7 Å². The second kappa shape index (κ2) is 8.76. The molecule has 9 heteroatoms. The quantitative estimate of drug-likeness (QED) is 0.314. The molecular formula is C20H18F2N2O5. The summed E-state index contributed by atoms with van der Waals surface area (Å²) < 4.78 is 31.0. The molecule has 0 saturated carbocycles. The van der Waals surface area contributed by atoms with Crippen LogP contribution in [0.5, 0.6) is 0 Å². The van der Waals surface area contributed by atoms with Crippen LogP contribution in [0.15, 0.2) is 36.4 Å². The largest absolute Gasteiger partial charge is 0.454 e. The second-order valence-corrected chi connectivity index (χ2v) is 6.64. The molecule has 1 aliphatic rings. The number of Topliss-reactive ketones (excluding diaryl/α,β-unsaturated/α-hetero) is 1. The van der Waals surface area contributed by atoms with Gasteiger partial charge in [-0.15, -0.1) is 0 Å². The highest BCUT2D eigenvalue weighted by atomic mass is 19.2. The topological polar surface area (TPSA) is 89.8 Å². The fourth-order valence-electron chi connectivity index (χ4n) is 3.17. The molecule has 7 nitrogen and oxygen atoms in total. The number of carbonyl (C=O) groups is 2. The van der Waals surface area contributed by atoms with Gasteiger partial charge in [-0.3, -0.25) is 14.9 Å². The molecule has 0 N–H and O–H groups in total. The lowest BCUT2D eigenvalue weighted by Crippen LogP contribution is -2.30. The molecule has 0 unspecified atom stereocenters. The number of rotatable bonds is 6. The van der Waals surface area contributed by atoms with Crippen molar-refractivity contribution in [3.8, 4) is 0 Å². The minimum Gasteiger partial charge on any atom is -0.454 e. The fraction of sp³-hybridized carbons (Fsp3) is 0.300. The maximum atomic E-state index is 13.2. The summed E-state index contributed by atoms with van der Waals surface area (Å²) in [4.78, 5) is 37.0. The predicted molar refractivity (Wildman–Crippen MR) is 100 cm³/mol. The number of carbonyl (C=O) groups excluding carboxylic acids is 2. The van der Waals surface area contributed by atoms with E-state index < -0.39 is 34.9 Å². The summed E-state index contributed by atoms with van der Waals surface area (Å²) in [6, 6.07) is 6.61. The van der Waals surface area contributed by atoms with Gasteiger partial charge < -0.3 is 9.64 Å². The third-order valence-corrected chi connectivity index (χ3v) is 4.68. The van der Waals surface area contributed by atoms with Crippen LogP contribution < -0.4 is 4.90 Å². The highest BCUT2D eigenvalue weighted by Crippen LogP contribution is 2.31. The third-order valence-electron chi connectivity index (χ3n) is 4.68. The Hall–Kier alpha value is -3.36. The number of hydrogen-bond acceptors (Lipinski definition) is 6. The van der Waals surface area contributed by atoms with Crippen molar-refractivity contribution in [2.75, 3.05) is 24.6 Å². The van der Waals surface area contributed by atoms with E-state index in [0.717, 1.165) is 37.5 Å². The molecule has 152 valence electrons. The monoisotopic (exact) mass is 404 g/mol. The molecule has 1 fully saturated rings. The second-order valence-electron chi connectivity index (χ2n) is 6.64. The highest BCUT2D eigenvalue weighted by molar-refractivity contribution is 5.99. The molecule has 0 bridgehead atoms. The maximum absolute atomic E-state index is 13.2. The molecule has 1 heterocycles. The first-order chi connectivity index (χ1) is 13.9. The van der Waals surface area contributed by atoms with Gasteiger partial charge in [-0.2, -0.15) is 0 Å². The van der Waals surface area contributed by atoms with E-state index in [1.54, 1.807) is 0 Å². The van der Waals surface area contributed by atoms with Gasteiger partial charge in [-0.25, -0.2) is 13.6 Å². The van der Waals surface area contributed by atoms with Crippen LogP contribution >= 0.6 is 0 Å². The molecule has 1 saturated heterocycles. The average molecular weight is 404 g/mol. The Labute approximate surface area is 165 Å². The summed E-state index contributed by atoms with van der Waals surface area (Å²) in [7, 11) is 0. The predicted octanol–water partition coefficient (Wildman–Crippen LogP) is 3.90. The number of ketones is 1. The number of piperidine rings is 1. The maximum Gasteiger partial charge on any atom is 0.338 e. The molecule has 2 aromatic rings. The first-order valence-electron chi connectivity index (χ1n) is 9.05. The Bertz CT molecular complexity index is 958. The average Bonchev–Trinajstić information content (AvgIpc) is 2.73. The Balaban J connectivity index is 1.71. The van der Waals surface area contributed by atoms with Crippen LogP contribution in [-0.2, 0) is 4.74 Å². The Morgan fingerprint density at radius 3 is 2.34 bits per heavy atom. The van der Waals surface area contributed by atoms with Crippen molar-refractivity contribution in [1.82, 2.24) is 0 Å². The van der Waals surface area contributed by atoms with Crippen molar-refractivity contribution in [3.05, 3.63) is 69.3 Å². The SMILES string of the molecule is O=C(COC(=O)c1ccc(N2CCCCC2)c([N+](=O)[O-])c1)c1ccc(F)c(F)c1. The minimum atomic E-state index is -1.19. The lowest BCUT2D eigenvalue weighted by molar-refractivity contribution is -0.384. The van der Waals surface area contributed by atoms with Crippen molar-refractivity contribution < 1.29 is 28.0 Å². The standard InChI is InChI=1S/C20H18F2N2O5/c21-15-6-4-13(10-16(15)22)19(25)12-29-20(26)14-5-7-17(18(11-14)24(27)28)23-8-2-1-3-9-23/h4-7,10-11H,1-3,8-9,12H2. The molecular weight excluding hydrogens is 386 g/mol. The van der Waals surface area contributed by atoms with E-state index >= 15 is 0 Å². The zero-order valence-corrected chi connectivity index (χ0v) is 15.4. The molecule has 29 heavy (non-hydrogen) atoms. The van der Waals surface area contributed by atoms with Crippen LogP contribution in [0.2, 0.25) is 0 Å². The van der Waals surface area contributed by atoms with Crippen LogP contribution in [0.3, 0.4) is 0 Å². The third kappa shape index (κ3) is 4.74. The van der Waals surface area contributed by atoms with E-state index in [2.05, 4.69) is 0 Å². The van der Waals surface area contributed by atoms with Crippen LogP contribution in [0.1, 0.15) is 40.0 Å². The summed E-state index contributed by atoms with van der Waals surface area (Å²) in [5.74, 6) is -3.93. The van der Waals surface area contributed by atoms with Gasteiger partial charge in [0.1, 0.15) is 5.69 Å².